The zero-order valence-electron chi connectivity index (χ0n) is 7.65. The van der Waals surface area contributed by atoms with Crippen molar-refractivity contribution in [2.75, 3.05) is 0 Å². The molecule has 0 bridgehead atoms. The smallest absolute Gasteiger partial charge is 0.0699 e. The van der Waals surface area contributed by atoms with Gasteiger partial charge in [0.2, 0.25) is 0 Å². The van der Waals surface area contributed by atoms with Gasteiger partial charge in [0, 0.05) is 16.2 Å². The molecule has 1 heterocycles. The number of hydrogen-bond donors (Lipinski definition) is 0. The first-order chi connectivity index (χ1) is 6.86. The maximum Gasteiger partial charge on any atom is 0.0699 e. The van der Waals surface area contributed by atoms with E-state index in [1.807, 2.05) is 24.4 Å². The van der Waals surface area contributed by atoms with Crippen LogP contribution in [0.1, 0.15) is 12.0 Å². The zero-order valence-corrected chi connectivity index (χ0v) is 9.24. The lowest BCUT2D eigenvalue weighted by molar-refractivity contribution is 1.38. The van der Waals surface area contributed by atoms with Gasteiger partial charge in [0.05, 0.1) is 5.71 Å². The van der Waals surface area contributed by atoms with Gasteiger partial charge >= 0.3 is 0 Å². The van der Waals surface area contributed by atoms with Crippen molar-refractivity contribution < 1.29 is 0 Å². The van der Waals surface area contributed by atoms with E-state index in [0.717, 1.165) is 22.2 Å². The van der Waals surface area contributed by atoms with Crippen molar-refractivity contribution >= 4 is 21.6 Å². The van der Waals surface area contributed by atoms with E-state index in [1.54, 1.807) is 0 Å². The average Bonchev–Trinajstić information content (AvgIpc) is 2.45. The number of benzene rings is 1. The molecule has 0 saturated heterocycles. The molecule has 0 N–H and O–H groups in total. The largest absolute Gasteiger partial charge is 0.257 e. The molecule has 14 heavy (non-hydrogen) atoms. The summed E-state index contributed by atoms with van der Waals surface area (Å²) in [6.07, 6.45) is 9.03. The second-order valence-corrected chi connectivity index (χ2v) is 3.96. The Kier molecular flexibility index (Phi) is 2.94. The highest BCUT2D eigenvalue weighted by Gasteiger charge is 2.00. The van der Waals surface area contributed by atoms with Gasteiger partial charge in [-0.1, -0.05) is 40.2 Å². The van der Waals surface area contributed by atoms with E-state index >= 15 is 0 Å². The Hall–Kier alpha value is -1.15. The molecule has 0 aliphatic carbocycles. The van der Waals surface area contributed by atoms with Crippen LogP contribution in [0.4, 0.5) is 0 Å². The second-order valence-electron chi connectivity index (χ2n) is 3.05. The highest BCUT2D eigenvalue weighted by Crippen LogP contribution is 2.14. The molecule has 70 valence electrons. The number of aliphatic imine (C=N–C) groups is 1. The highest BCUT2D eigenvalue weighted by molar-refractivity contribution is 9.10. The normalized spacial score (nSPS) is 15.1. The van der Waals surface area contributed by atoms with Gasteiger partial charge in [-0.25, -0.2) is 0 Å². The van der Waals surface area contributed by atoms with Gasteiger partial charge in [0.1, 0.15) is 0 Å². The Morgan fingerprint density at radius 1 is 1.21 bits per heavy atom. The first kappa shape index (κ1) is 9.41. The van der Waals surface area contributed by atoms with Crippen molar-refractivity contribution in [1.82, 2.24) is 0 Å². The molecule has 0 radical (unpaired) electrons. The zero-order chi connectivity index (χ0) is 9.80. The minimum atomic E-state index is 0.959. The van der Waals surface area contributed by atoms with Crippen LogP contribution >= 0.6 is 15.9 Å². The maximum atomic E-state index is 4.36. The summed E-state index contributed by atoms with van der Waals surface area (Å²) in [5.41, 5.74) is 2.15. The summed E-state index contributed by atoms with van der Waals surface area (Å²) in [6, 6.07) is 8.17. The lowest BCUT2D eigenvalue weighted by atomic mass is 10.1. The number of halogens is 1. The van der Waals surface area contributed by atoms with E-state index in [2.05, 4.69) is 45.2 Å². The van der Waals surface area contributed by atoms with Crippen LogP contribution in [0.25, 0.3) is 0 Å². The third-order valence-electron chi connectivity index (χ3n) is 1.99. The van der Waals surface area contributed by atoms with Crippen molar-refractivity contribution in [2.24, 2.45) is 4.99 Å². The summed E-state index contributed by atoms with van der Waals surface area (Å²) < 4.78 is 1.08. The van der Waals surface area contributed by atoms with Crippen molar-refractivity contribution in [3.05, 3.63) is 58.7 Å². The van der Waals surface area contributed by atoms with Crippen LogP contribution in [-0.4, -0.2) is 5.71 Å². The van der Waals surface area contributed by atoms with Crippen LogP contribution in [0.3, 0.4) is 0 Å². The molecule has 0 aromatic heterocycles. The average molecular weight is 248 g/mol. The van der Waals surface area contributed by atoms with E-state index in [4.69, 9.17) is 0 Å². The predicted molar refractivity (Wildman–Crippen MR) is 63.6 cm³/mol. The third-order valence-corrected chi connectivity index (χ3v) is 2.48. The third kappa shape index (κ3) is 2.20. The highest BCUT2D eigenvalue weighted by atomic mass is 79.9. The molecule has 1 nitrogen and oxygen atoms in total. The Morgan fingerprint density at radius 3 is 3.00 bits per heavy atom. The molecule has 1 aliphatic heterocycles. The number of allylic oxidation sites excluding steroid dienone is 3. The van der Waals surface area contributed by atoms with Crippen molar-refractivity contribution in [3.63, 3.8) is 0 Å². The van der Waals surface area contributed by atoms with Gasteiger partial charge in [-0.2, -0.15) is 0 Å². The predicted octanol–water partition coefficient (Wildman–Crippen LogP) is 3.71. The summed E-state index contributed by atoms with van der Waals surface area (Å²) >= 11 is 3.45. The standard InChI is InChI=1S/C12H10BrN/c13-11-6-4-5-10(9-11)12-7-2-1-3-8-14-12/h2-9H,1H2. The Balaban J connectivity index is 2.39. The molecule has 0 spiro atoms. The lowest BCUT2D eigenvalue weighted by Crippen LogP contribution is -1.94. The van der Waals surface area contributed by atoms with Gasteiger partial charge in [-0.3, -0.25) is 4.99 Å². The van der Waals surface area contributed by atoms with Crippen LogP contribution in [0.5, 0.6) is 0 Å². The fourth-order valence-corrected chi connectivity index (χ4v) is 1.71. The minimum Gasteiger partial charge on any atom is -0.257 e. The molecular weight excluding hydrogens is 238 g/mol. The monoisotopic (exact) mass is 247 g/mol. The topological polar surface area (TPSA) is 12.4 Å². The van der Waals surface area contributed by atoms with Crippen molar-refractivity contribution in [2.45, 2.75) is 6.42 Å². The molecule has 1 aromatic rings. The second kappa shape index (κ2) is 4.38. The Morgan fingerprint density at radius 2 is 2.14 bits per heavy atom. The van der Waals surface area contributed by atoms with Crippen molar-refractivity contribution in [1.29, 1.82) is 0 Å². The first-order valence-electron chi connectivity index (χ1n) is 4.51. The summed E-state index contributed by atoms with van der Waals surface area (Å²) in [7, 11) is 0. The first-order valence-corrected chi connectivity index (χ1v) is 5.31. The molecule has 0 fully saturated rings. The molecule has 0 unspecified atom stereocenters. The SMILES string of the molecule is Brc1cccc(C2=NC=CCC=C2)c1. The van der Waals surface area contributed by atoms with Gasteiger partial charge < -0.3 is 0 Å². The van der Waals surface area contributed by atoms with Gasteiger partial charge in [-0.05, 0) is 24.6 Å². The van der Waals surface area contributed by atoms with E-state index < -0.39 is 0 Å². The van der Waals surface area contributed by atoms with Crippen LogP contribution in [0, 0.1) is 0 Å². The Labute approximate surface area is 92.0 Å². The fourth-order valence-electron chi connectivity index (χ4n) is 1.31. The number of nitrogens with zero attached hydrogens (tertiary/aromatic N) is 1. The van der Waals surface area contributed by atoms with Crippen LogP contribution < -0.4 is 0 Å². The van der Waals surface area contributed by atoms with E-state index in [0.29, 0.717) is 0 Å². The number of hydrogen-bond acceptors (Lipinski definition) is 1. The molecule has 2 rings (SSSR count). The molecule has 1 aliphatic rings. The van der Waals surface area contributed by atoms with Gasteiger partial charge in [-0.15, -0.1) is 0 Å². The van der Waals surface area contributed by atoms with Gasteiger partial charge in [0.25, 0.3) is 0 Å². The van der Waals surface area contributed by atoms with Crippen molar-refractivity contribution in [3.8, 4) is 0 Å². The van der Waals surface area contributed by atoms with Crippen LogP contribution in [0.15, 0.2) is 58.2 Å². The lowest BCUT2D eigenvalue weighted by Gasteiger charge is -2.00. The Bertz CT molecular complexity index is 416. The maximum absolute atomic E-state index is 4.36. The molecule has 0 atom stereocenters. The molecule has 0 amide bonds. The number of rotatable bonds is 1. The quantitative estimate of drug-likeness (QED) is 0.718. The molecular formula is C12H10BrN. The summed E-state index contributed by atoms with van der Waals surface area (Å²) in [5, 5.41) is 0. The summed E-state index contributed by atoms with van der Waals surface area (Å²) in [4.78, 5) is 4.36. The van der Waals surface area contributed by atoms with E-state index in [9.17, 15) is 0 Å². The fraction of sp³-hybridized carbons (Fsp3) is 0.0833. The van der Waals surface area contributed by atoms with Gasteiger partial charge in [0.15, 0.2) is 0 Å². The van der Waals surface area contributed by atoms with E-state index in [-0.39, 0.29) is 0 Å². The van der Waals surface area contributed by atoms with E-state index in [1.165, 1.54) is 0 Å². The molecule has 1 aromatic carbocycles. The summed E-state index contributed by atoms with van der Waals surface area (Å²) in [5.74, 6) is 0. The van der Waals surface area contributed by atoms with Crippen LogP contribution in [-0.2, 0) is 0 Å². The summed E-state index contributed by atoms with van der Waals surface area (Å²) in [6.45, 7) is 0. The molecule has 2 heteroatoms. The molecule has 0 saturated carbocycles. The van der Waals surface area contributed by atoms with Crippen LogP contribution in [0.2, 0.25) is 0 Å². The minimum absolute atomic E-state index is 0.959.